The Morgan fingerprint density at radius 2 is 1.38 bits per heavy atom. The summed E-state index contributed by atoms with van der Waals surface area (Å²) in [5, 5.41) is 0. The van der Waals surface area contributed by atoms with Gasteiger partial charge in [-0.05, 0) is 24.6 Å². The lowest BCUT2D eigenvalue weighted by atomic mass is 9.95. The zero-order chi connectivity index (χ0) is 20.1. The van der Waals surface area contributed by atoms with Gasteiger partial charge in [0.2, 0.25) is 0 Å². The number of Topliss-reactive ketones (excluding diaryl/α,β-unsaturated/α-hetero) is 1. The zero-order valence-corrected chi connectivity index (χ0v) is 17.0. The van der Waals surface area contributed by atoms with Gasteiger partial charge in [-0.3, -0.25) is 9.69 Å². The third-order valence-electron chi connectivity index (χ3n) is 5.81. The molecule has 3 heteroatoms. The smallest absolute Gasteiger partial charge is 0.164 e. The fourth-order valence-corrected chi connectivity index (χ4v) is 4.10. The number of benzene rings is 3. The van der Waals surface area contributed by atoms with Crippen molar-refractivity contribution in [2.24, 2.45) is 0 Å². The van der Waals surface area contributed by atoms with Crippen molar-refractivity contribution in [1.29, 1.82) is 0 Å². The van der Waals surface area contributed by atoms with Gasteiger partial charge in [0.25, 0.3) is 0 Å². The van der Waals surface area contributed by atoms with Crippen LogP contribution < -0.4 is 4.90 Å². The van der Waals surface area contributed by atoms with Crippen molar-refractivity contribution >= 4 is 11.5 Å². The van der Waals surface area contributed by atoms with Crippen molar-refractivity contribution in [3.8, 4) is 0 Å². The summed E-state index contributed by atoms with van der Waals surface area (Å²) in [6, 6.07) is 29.1. The lowest BCUT2D eigenvalue weighted by Gasteiger charge is -2.40. The van der Waals surface area contributed by atoms with Gasteiger partial charge in [0.1, 0.15) is 0 Å². The molecule has 1 aliphatic rings. The molecular weight excluding hydrogens is 356 g/mol. The number of nitrogens with zero attached hydrogens (tertiary/aromatic N) is 2. The summed E-state index contributed by atoms with van der Waals surface area (Å²) in [7, 11) is 0. The van der Waals surface area contributed by atoms with Crippen molar-refractivity contribution < 1.29 is 4.79 Å². The summed E-state index contributed by atoms with van der Waals surface area (Å²) in [6.45, 7) is 5.91. The van der Waals surface area contributed by atoms with E-state index in [9.17, 15) is 4.79 Å². The SMILES string of the molecule is Cc1ccc(C(=O)C[C@@H](c2ccccc2)N2CCN(c3ccccc3)CC2)cc1. The summed E-state index contributed by atoms with van der Waals surface area (Å²) >= 11 is 0. The molecule has 3 aromatic rings. The van der Waals surface area contributed by atoms with E-state index in [1.807, 2.05) is 37.3 Å². The average molecular weight is 385 g/mol. The van der Waals surface area contributed by atoms with Crippen LogP contribution in [0.2, 0.25) is 0 Å². The van der Waals surface area contributed by atoms with Gasteiger partial charge < -0.3 is 4.90 Å². The van der Waals surface area contributed by atoms with E-state index in [4.69, 9.17) is 0 Å². The maximum Gasteiger partial charge on any atom is 0.164 e. The van der Waals surface area contributed by atoms with Crippen molar-refractivity contribution in [2.45, 2.75) is 19.4 Å². The normalized spacial score (nSPS) is 15.8. The standard InChI is InChI=1S/C26H28N2O/c1-21-12-14-23(15-13-21)26(29)20-25(22-8-4-2-5-9-22)28-18-16-27(17-19-28)24-10-6-3-7-11-24/h2-15,25H,16-20H2,1H3/t25-/m0/s1. The van der Waals surface area contributed by atoms with E-state index >= 15 is 0 Å². The average Bonchev–Trinajstić information content (AvgIpc) is 2.79. The number of piperazine rings is 1. The third kappa shape index (κ3) is 4.75. The van der Waals surface area contributed by atoms with Crippen molar-refractivity contribution in [2.75, 3.05) is 31.1 Å². The molecule has 0 saturated carbocycles. The fraction of sp³-hybridized carbons (Fsp3) is 0.269. The van der Waals surface area contributed by atoms with Crippen molar-refractivity contribution in [3.05, 3.63) is 102 Å². The van der Waals surface area contributed by atoms with E-state index in [0.29, 0.717) is 6.42 Å². The minimum Gasteiger partial charge on any atom is -0.369 e. The minimum absolute atomic E-state index is 0.114. The van der Waals surface area contributed by atoms with Gasteiger partial charge in [-0.15, -0.1) is 0 Å². The number of hydrogen-bond donors (Lipinski definition) is 0. The molecule has 4 rings (SSSR count). The number of para-hydroxylation sites is 1. The monoisotopic (exact) mass is 384 g/mol. The Bertz CT molecular complexity index is 914. The molecule has 0 aliphatic carbocycles. The first kappa shape index (κ1) is 19.4. The quantitative estimate of drug-likeness (QED) is 0.550. The van der Waals surface area contributed by atoms with E-state index < -0.39 is 0 Å². The van der Waals surface area contributed by atoms with Gasteiger partial charge in [-0.1, -0.05) is 78.4 Å². The van der Waals surface area contributed by atoms with Crippen LogP contribution in [0.3, 0.4) is 0 Å². The lowest BCUT2D eigenvalue weighted by molar-refractivity contribution is 0.0910. The van der Waals surface area contributed by atoms with Crippen LogP contribution in [0.4, 0.5) is 5.69 Å². The van der Waals surface area contributed by atoms with Crippen molar-refractivity contribution in [1.82, 2.24) is 4.90 Å². The van der Waals surface area contributed by atoms with Gasteiger partial charge in [-0.25, -0.2) is 0 Å². The summed E-state index contributed by atoms with van der Waals surface area (Å²) in [6.07, 6.45) is 0.512. The Balaban J connectivity index is 1.49. The Kier molecular flexibility index (Phi) is 6.06. The second-order valence-electron chi connectivity index (χ2n) is 7.78. The van der Waals surface area contributed by atoms with Gasteiger partial charge in [0.05, 0.1) is 0 Å². The third-order valence-corrected chi connectivity index (χ3v) is 5.81. The molecule has 1 heterocycles. The molecule has 3 aromatic carbocycles. The lowest BCUT2D eigenvalue weighted by Crippen LogP contribution is -2.48. The maximum atomic E-state index is 13.0. The van der Waals surface area contributed by atoms with Crippen LogP contribution >= 0.6 is 0 Å². The van der Waals surface area contributed by atoms with Crippen LogP contribution in [0.25, 0.3) is 0 Å². The Morgan fingerprint density at radius 1 is 0.793 bits per heavy atom. The maximum absolute atomic E-state index is 13.0. The number of carbonyl (C=O) groups is 1. The highest BCUT2D eigenvalue weighted by atomic mass is 16.1. The predicted octanol–water partition coefficient (Wildman–Crippen LogP) is 5.13. The molecular formula is C26H28N2O. The van der Waals surface area contributed by atoms with Crippen LogP contribution in [-0.2, 0) is 0 Å². The van der Waals surface area contributed by atoms with E-state index in [-0.39, 0.29) is 11.8 Å². The molecule has 0 radical (unpaired) electrons. The molecule has 1 atom stereocenters. The molecule has 1 aliphatic heterocycles. The molecule has 0 spiro atoms. The zero-order valence-electron chi connectivity index (χ0n) is 17.0. The fourth-order valence-electron chi connectivity index (χ4n) is 4.10. The molecule has 0 bridgehead atoms. The second kappa shape index (κ2) is 9.06. The summed E-state index contributed by atoms with van der Waals surface area (Å²) < 4.78 is 0. The van der Waals surface area contributed by atoms with E-state index in [2.05, 4.69) is 64.4 Å². The van der Waals surface area contributed by atoms with Crippen LogP contribution in [0.1, 0.15) is 33.9 Å². The summed E-state index contributed by atoms with van der Waals surface area (Å²) in [5.74, 6) is 0.212. The molecule has 1 saturated heterocycles. The highest BCUT2D eigenvalue weighted by Gasteiger charge is 2.27. The highest BCUT2D eigenvalue weighted by Crippen LogP contribution is 2.28. The molecule has 0 aromatic heterocycles. The molecule has 3 nitrogen and oxygen atoms in total. The first-order valence-corrected chi connectivity index (χ1v) is 10.4. The van der Waals surface area contributed by atoms with Gasteiger partial charge >= 0.3 is 0 Å². The van der Waals surface area contributed by atoms with Crippen LogP contribution in [0.15, 0.2) is 84.9 Å². The van der Waals surface area contributed by atoms with Crippen molar-refractivity contribution in [3.63, 3.8) is 0 Å². The predicted molar refractivity (Wildman–Crippen MR) is 120 cm³/mol. The van der Waals surface area contributed by atoms with Crippen LogP contribution in [0.5, 0.6) is 0 Å². The van der Waals surface area contributed by atoms with Crippen LogP contribution in [0, 0.1) is 6.92 Å². The number of ketones is 1. The number of anilines is 1. The van der Waals surface area contributed by atoms with Gasteiger partial charge in [-0.2, -0.15) is 0 Å². The number of aryl methyl sites for hydroxylation is 1. The number of hydrogen-bond acceptors (Lipinski definition) is 3. The number of carbonyl (C=O) groups excluding carboxylic acids is 1. The first-order chi connectivity index (χ1) is 14.2. The topological polar surface area (TPSA) is 23.6 Å². The molecule has 148 valence electrons. The molecule has 1 fully saturated rings. The van der Waals surface area contributed by atoms with Crippen LogP contribution in [-0.4, -0.2) is 36.9 Å². The Hall–Kier alpha value is -2.91. The van der Waals surface area contributed by atoms with E-state index in [1.165, 1.54) is 16.8 Å². The van der Waals surface area contributed by atoms with E-state index in [0.717, 1.165) is 31.7 Å². The largest absolute Gasteiger partial charge is 0.369 e. The van der Waals surface area contributed by atoms with Gasteiger partial charge in [0, 0.05) is 49.9 Å². The summed E-state index contributed by atoms with van der Waals surface area (Å²) in [4.78, 5) is 17.9. The number of rotatable bonds is 6. The van der Waals surface area contributed by atoms with Gasteiger partial charge in [0.15, 0.2) is 5.78 Å². The van der Waals surface area contributed by atoms with E-state index in [1.54, 1.807) is 0 Å². The first-order valence-electron chi connectivity index (χ1n) is 10.4. The minimum atomic E-state index is 0.114. The summed E-state index contributed by atoms with van der Waals surface area (Å²) in [5.41, 5.74) is 4.48. The molecule has 0 amide bonds. The Morgan fingerprint density at radius 3 is 2.00 bits per heavy atom. The Labute approximate surface area is 173 Å². The molecule has 0 unspecified atom stereocenters. The molecule has 0 N–H and O–H groups in total. The second-order valence-corrected chi connectivity index (χ2v) is 7.78. The molecule has 29 heavy (non-hydrogen) atoms. The highest BCUT2D eigenvalue weighted by molar-refractivity contribution is 5.96.